The summed E-state index contributed by atoms with van der Waals surface area (Å²) in [5.74, 6) is 0.0175. The third-order valence-electron chi connectivity index (χ3n) is 7.74. The van der Waals surface area contributed by atoms with E-state index in [9.17, 15) is 13.0 Å². The molecule has 1 atom stereocenters. The molecule has 0 aliphatic rings. The average Bonchev–Trinajstić information content (AvgIpc) is 2.89. The van der Waals surface area contributed by atoms with Gasteiger partial charge in [0.1, 0.15) is 0 Å². The maximum atomic E-state index is 10.9. The third-order valence-corrected chi connectivity index (χ3v) is 8.16. The Morgan fingerprint density at radius 3 is 1.26 bits per heavy atom. The van der Waals surface area contributed by atoms with Crippen molar-refractivity contribution < 1.29 is 68.5 Å². The average molecular weight is 597 g/mol. The van der Waals surface area contributed by atoms with E-state index in [4.69, 9.17) is 0 Å². The van der Waals surface area contributed by atoms with Crippen molar-refractivity contribution >= 4 is 10.4 Å². The molecule has 0 aliphatic heterocycles. The molecule has 0 heterocycles. The van der Waals surface area contributed by atoms with Crippen LogP contribution in [0.1, 0.15) is 187 Å². The summed E-state index contributed by atoms with van der Waals surface area (Å²) in [7, 11) is -4.62. The molecule has 1 unspecified atom stereocenters. The molecule has 0 saturated heterocycles. The van der Waals surface area contributed by atoms with Crippen LogP contribution in [0.4, 0.5) is 0 Å². The van der Waals surface area contributed by atoms with E-state index < -0.39 is 10.4 Å². The first-order valence-corrected chi connectivity index (χ1v) is 18.1. The summed E-state index contributed by atoms with van der Waals surface area (Å²) in [5, 5.41) is 0. The molecule has 0 spiro atoms. The van der Waals surface area contributed by atoms with E-state index in [-0.39, 0.29) is 63.9 Å². The second-order valence-corrected chi connectivity index (χ2v) is 12.6. The van der Waals surface area contributed by atoms with Crippen molar-refractivity contribution in [3.8, 4) is 0 Å². The summed E-state index contributed by atoms with van der Waals surface area (Å²) in [5.41, 5.74) is 0. The molecule has 0 N–H and O–H groups in total. The molecule has 39 heavy (non-hydrogen) atoms. The monoisotopic (exact) mass is 596 g/mol. The molecular formula is C33H65KO4S. The van der Waals surface area contributed by atoms with Gasteiger partial charge in [-0.25, -0.2) is 8.42 Å². The standard InChI is InChI=1S/C33H66O4S.K/c1-3-5-7-9-11-13-15-16-17-18-19-21-23-25-27-29-31-33(32-37-38(34,35)36)30-28-26-24-22-20-14-12-10-8-6-4-2;/h29,31,33H,3-28,30,32H2,1-2H3,(H,34,35,36);/q;+1/p-1/b31-29+;. The van der Waals surface area contributed by atoms with E-state index in [0.29, 0.717) is 0 Å². The number of allylic oxidation sites excluding steroid dienone is 1. The number of rotatable bonds is 31. The quantitative estimate of drug-likeness (QED) is 0.0266. The van der Waals surface area contributed by atoms with E-state index in [1.54, 1.807) is 0 Å². The molecule has 0 aliphatic carbocycles. The van der Waals surface area contributed by atoms with Crippen molar-refractivity contribution in [1.29, 1.82) is 0 Å². The molecule has 0 rings (SSSR count). The fourth-order valence-corrected chi connectivity index (χ4v) is 5.56. The van der Waals surface area contributed by atoms with Gasteiger partial charge in [0, 0.05) is 5.92 Å². The maximum absolute atomic E-state index is 10.9. The molecule has 0 aromatic carbocycles. The summed E-state index contributed by atoms with van der Waals surface area (Å²) in [6, 6.07) is 0. The molecule has 0 aromatic rings. The largest absolute Gasteiger partial charge is 1.00 e. The molecule has 0 amide bonds. The minimum absolute atomic E-state index is 0. The van der Waals surface area contributed by atoms with Gasteiger partial charge in [0.05, 0.1) is 6.61 Å². The number of hydrogen-bond acceptors (Lipinski definition) is 4. The van der Waals surface area contributed by atoms with Crippen LogP contribution in [-0.4, -0.2) is 19.6 Å². The van der Waals surface area contributed by atoms with Gasteiger partial charge in [-0.05, 0) is 19.3 Å². The predicted molar refractivity (Wildman–Crippen MR) is 164 cm³/mol. The molecule has 4 nitrogen and oxygen atoms in total. The van der Waals surface area contributed by atoms with E-state index in [0.717, 1.165) is 19.3 Å². The van der Waals surface area contributed by atoms with Crippen molar-refractivity contribution in [1.82, 2.24) is 0 Å². The van der Waals surface area contributed by atoms with Crippen LogP contribution in [-0.2, 0) is 14.6 Å². The van der Waals surface area contributed by atoms with Crippen LogP contribution in [0.5, 0.6) is 0 Å². The first kappa shape index (κ1) is 42.4. The van der Waals surface area contributed by atoms with E-state index in [1.165, 1.54) is 154 Å². The Labute approximate surface area is 288 Å². The Morgan fingerprint density at radius 2 is 0.897 bits per heavy atom. The SMILES string of the molecule is CCCCCCCCCCCCCCCC/C=C/C(CCCCCCCCCCCCC)COS(=O)(=O)[O-].[K+]. The summed E-state index contributed by atoms with van der Waals surface area (Å²) in [6.07, 6.45) is 39.5. The first-order valence-electron chi connectivity index (χ1n) is 16.8. The Bertz CT molecular complexity index is 595. The normalized spacial score (nSPS) is 12.7. The van der Waals surface area contributed by atoms with Crippen molar-refractivity contribution in [3.05, 3.63) is 12.2 Å². The molecule has 0 bridgehead atoms. The van der Waals surface area contributed by atoms with Gasteiger partial charge in [0.15, 0.2) is 0 Å². The van der Waals surface area contributed by atoms with Crippen LogP contribution in [0.3, 0.4) is 0 Å². The molecular weight excluding hydrogens is 532 g/mol. The number of unbranched alkanes of at least 4 members (excludes halogenated alkanes) is 24. The Hall–Kier alpha value is 1.25. The van der Waals surface area contributed by atoms with Crippen LogP contribution in [0.2, 0.25) is 0 Å². The Morgan fingerprint density at radius 1 is 0.564 bits per heavy atom. The summed E-state index contributed by atoms with van der Waals surface area (Å²) >= 11 is 0. The predicted octanol–water partition coefficient (Wildman–Crippen LogP) is 8.21. The van der Waals surface area contributed by atoms with Gasteiger partial charge < -0.3 is 4.55 Å². The van der Waals surface area contributed by atoms with Crippen molar-refractivity contribution in [2.45, 2.75) is 187 Å². The van der Waals surface area contributed by atoms with E-state index in [1.807, 2.05) is 0 Å². The minimum atomic E-state index is -4.62. The zero-order chi connectivity index (χ0) is 28.0. The Balaban J connectivity index is 0. The fourth-order valence-electron chi connectivity index (χ4n) is 5.22. The van der Waals surface area contributed by atoms with Crippen LogP contribution in [0.25, 0.3) is 0 Å². The van der Waals surface area contributed by atoms with Crippen LogP contribution in [0.15, 0.2) is 12.2 Å². The van der Waals surface area contributed by atoms with Gasteiger partial charge in [0.2, 0.25) is 10.4 Å². The zero-order valence-electron chi connectivity index (χ0n) is 26.6. The van der Waals surface area contributed by atoms with Crippen LogP contribution in [0, 0.1) is 5.92 Å². The molecule has 228 valence electrons. The maximum Gasteiger partial charge on any atom is 1.00 e. The topological polar surface area (TPSA) is 66.4 Å². The smallest absolute Gasteiger partial charge is 0.726 e. The van der Waals surface area contributed by atoms with Crippen LogP contribution < -0.4 is 51.4 Å². The van der Waals surface area contributed by atoms with Gasteiger partial charge in [0.25, 0.3) is 0 Å². The summed E-state index contributed by atoms with van der Waals surface area (Å²) < 4.78 is 37.3. The zero-order valence-corrected chi connectivity index (χ0v) is 30.5. The Kier molecular flexibility index (Phi) is 36.7. The van der Waals surface area contributed by atoms with Crippen molar-refractivity contribution in [2.24, 2.45) is 5.92 Å². The molecule has 0 fully saturated rings. The first-order chi connectivity index (χ1) is 18.5. The van der Waals surface area contributed by atoms with E-state index >= 15 is 0 Å². The number of hydrogen-bond donors (Lipinski definition) is 0. The van der Waals surface area contributed by atoms with Crippen molar-refractivity contribution in [2.75, 3.05) is 6.61 Å². The second kappa shape index (κ2) is 33.7. The minimum Gasteiger partial charge on any atom is -0.726 e. The molecule has 0 aromatic heterocycles. The van der Waals surface area contributed by atoms with E-state index in [2.05, 4.69) is 30.2 Å². The summed E-state index contributed by atoms with van der Waals surface area (Å²) in [4.78, 5) is 0. The molecule has 0 radical (unpaired) electrons. The van der Waals surface area contributed by atoms with Gasteiger partial charge in [-0.3, -0.25) is 4.18 Å². The molecule has 6 heteroatoms. The third kappa shape index (κ3) is 37.2. The van der Waals surface area contributed by atoms with Crippen molar-refractivity contribution in [3.63, 3.8) is 0 Å². The van der Waals surface area contributed by atoms with Gasteiger partial charge in [-0.2, -0.15) is 0 Å². The fraction of sp³-hybridized carbons (Fsp3) is 0.939. The second-order valence-electron chi connectivity index (χ2n) is 11.6. The van der Waals surface area contributed by atoms with Gasteiger partial charge >= 0.3 is 51.4 Å². The van der Waals surface area contributed by atoms with Crippen LogP contribution >= 0.6 is 0 Å². The summed E-state index contributed by atoms with van der Waals surface area (Å²) in [6.45, 7) is 4.52. The van der Waals surface area contributed by atoms with Gasteiger partial charge in [-0.15, -0.1) is 0 Å². The van der Waals surface area contributed by atoms with Gasteiger partial charge in [-0.1, -0.05) is 180 Å². The molecule has 0 saturated carbocycles.